The average Bonchev–Trinajstić information content (AvgIpc) is 3.37. The molecule has 2 aromatic heterocycles. The third kappa shape index (κ3) is 7.27. The van der Waals surface area contributed by atoms with Crippen molar-refractivity contribution >= 4 is 17.5 Å². The number of benzene rings is 2. The molecule has 274 valence electrons. The number of hydrogen-bond acceptors (Lipinski definition) is 6. The normalized spacial score (nSPS) is 19.6. The highest BCUT2D eigenvalue weighted by Crippen LogP contribution is 2.38. The second kappa shape index (κ2) is 13.5. The Morgan fingerprint density at radius 1 is 0.846 bits per heavy atom. The Morgan fingerprint density at radius 3 is 2.23 bits per heavy atom. The Balaban J connectivity index is 1.31. The van der Waals surface area contributed by atoms with Crippen LogP contribution in [0.5, 0.6) is 5.75 Å². The molecule has 2 aliphatic heterocycles. The van der Waals surface area contributed by atoms with Crippen molar-refractivity contribution in [3.8, 4) is 5.75 Å². The predicted octanol–water partition coefficient (Wildman–Crippen LogP) is 6.32. The summed E-state index contributed by atoms with van der Waals surface area (Å²) in [5.41, 5.74) is -3.70. The molecule has 2 aliphatic rings. The van der Waals surface area contributed by atoms with Crippen LogP contribution < -0.4 is 31.8 Å². The van der Waals surface area contributed by atoms with Crippen LogP contribution in [0.4, 0.5) is 32.0 Å². The van der Waals surface area contributed by atoms with E-state index in [2.05, 4.69) is 16.0 Å². The lowest BCUT2D eigenvalue weighted by Gasteiger charge is -2.33. The zero-order chi connectivity index (χ0) is 37.7. The number of amides is 2. The van der Waals surface area contributed by atoms with Gasteiger partial charge in [-0.15, -0.1) is 0 Å². The maximum absolute atomic E-state index is 14.3. The van der Waals surface area contributed by atoms with Gasteiger partial charge in [0.15, 0.2) is 0 Å². The molecule has 0 radical (unpaired) electrons. The monoisotopic (exact) mass is 729 g/mol. The number of fused-ring (bicyclic) bond motifs is 2. The van der Waals surface area contributed by atoms with Gasteiger partial charge in [0, 0.05) is 17.3 Å². The Bertz CT molecular complexity index is 2180. The van der Waals surface area contributed by atoms with E-state index in [9.17, 15) is 45.5 Å². The third-order valence-electron chi connectivity index (χ3n) is 9.24. The van der Waals surface area contributed by atoms with Crippen molar-refractivity contribution in [1.82, 2.24) is 20.6 Å². The third-order valence-corrected chi connectivity index (χ3v) is 9.24. The molecule has 6 rings (SSSR count). The van der Waals surface area contributed by atoms with E-state index in [1.165, 1.54) is 0 Å². The van der Waals surface area contributed by atoms with Gasteiger partial charge in [-0.25, -0.2) is 0 Å². The molecule has 2 aromatic carbocycles. The van der Waals surface area contributed by atoms with Crippen LogP contribution in [0.25, 0.3) is 0 Å². The number of ether oxygens (including phenoxy) is 1. The van der Waals surface area contributed by atoms with Gasteiger partial charge in [0.25, 0.3) is 22.9 Å². The van der Waals surface area contributed by atoms with Gasteiger partial charge in [-0.05, 0) is 80.1 Å². The highest BCUT2D eigenvalue weighted by atomic mass is 19.4. The maximum atomic E-state index is 14.3. The minimum Gasteiger partial charge on any atom is -0.488 e. The minimum atomic E-state index is -4.98. The highest BCUT2D eigenvalue weighted by molar-refractivity contribution is 5.95. The minimum absolute atomic E-state index is 0.157. The second-order valence-corrected chi connectivity index (χ2v) is 12.9. The van der Waals surface area contributed by atoms with E-state index >= 15 is 0 Å². The fraction of sp³-hybridized carbons (Fsp3) is 0.333. The number of nitrogens with one attached hydrogen (secondary N) is 5. The summed E-state index contributed by atoms with van der Waals surface area (Å²) in [7, 11) is 0. The smallest absolute Gasteiger partial charge is 0.431 e. The highest BCUT2D eigenvalue weighted by Gasteiger charge is 2.38. The molecule has 4 atom stereocenters. The number of aromatic amines is 2. The summed E-state index contributed by atoms with van der Waals surface area (Å²) in [4.78, 5) is 55.4. The van der Waals surface area contributed by atoms with Crippen LogP contribution in [0.3, 0.4) is 0 Å². The first-order chi connectivity index (χ1) is 24.4. The number of H-pyrrole nitrogens is 2. The number of aromatic nitrogens is 2. The first-order valence-corrected chi connectivity index (χ1v) is 16.3. The molecule has 16 heteroatoms. The van der Waals surface area contributed by atoms with Crippen molar-refractivity contribution in [3.05, 3.63) is 126 Å². The van der Waals surface area contributed by atoms with Crippen LogP contribution in [0.1, 0.15) is 98.7 Å². The van der Waals surface area contributed by atoms with E-state index < -0.39 is 81.6 Å². The molecule has 0 fully saturated rings. The summed E-state index contributed by atoms with van der Waals surface area (Å²) in [6.07, 6.45) is -9.81. The van der Waals surface area contributed by atoms with E-state index in [1.54, 1.807) is 36.2 Å². The molecule has 2 amide bonds. The molecule has 4 aromatic rings. The van der Waals surface area contributed by atoms with Gasteiger partial charge in [-0.3, -0.25) is 19.2 Å². The van der Waals surface area contributed by atoms with Crippen LogP contribution in [0.15, 0.2) is 64.2 Å². The fourth-order valence-corrected chi connectivity index (χ4v) is 6.60. The molecule has 0 spiro atoms. The summed E-state index contributed by atoms with van der Waals surface area (Å²) in [6, 6.07) is 10.8. The van der Waals surface area contributed by atoms with Gasteiger partial charge in [0.05, 0.1) is 12.1 Å². The van der Waals surface area contributed by atoms with E-state index in [4.69, 9.17) is 4.74 Å². The number of carbonyl (C=O) groups excluding carboxylic acids is 2. The number of halogens is 6. The number of hydrogen-bond donors (Lipinski definition) is 5. The lowest BCUT2D eigenvalue weighted by molar-refractivity contribution is -0.142. The SMILES string of the molecule is CCC1CC(NC(=O)c2ccc(C(F)(F)F)[nH]c2=O)c2cc(Cc3cc(C(=O)NC4c5cc(C)ccc5OC4C)c(=O)[nH]c3C(F)(F)F)ccc2N1. The quantitative estimate of drug-likeness (QED) is 0.141. The summed E-state index contributed by atoms with van der Waals surface area (Å²) < 4.78 is 87.8. The molecule has 0 saturated carbocycles. The Kier molecular flexibility index (Phi) is 9.44. The number of pyridine rings is 2. The van der Waals surface area contributed by atoms with Gasteiger partial charge in [0.1, 0.15) is 34.4 Å². The predicted molar refractivity (Wildman–Crippen MR) is 177 cm³/mol. The topological polar surface area (TPSA) is 145 Å². The van der Waals surface area contributed by atoms with Crippen molar-refractivity contribution in [1.29, 1.82) is 0 Å². The van der Waals surface area contributed by atoms with E-state index in [-0.39, 0.29) is 12.5 Å². The average molecular weight is 730 g/mol. The zero-order valence-corrected chi connectivity index (χ0v) is 27.9. The first-order valence-electron chi connectivity index (χ1n) is 16.3. The zero-order valence-electron chi connectivity index (χ0n) is 27.9. The largest absolute Gasteiger partial charge is 0.488 e. The van der Waals surface area contributed by atoms with Crippen molar-refractivity contribution in [2.45, 2.75) is 76.6 Å². The van der Waals surface area contributed by atoms with Crippen LogP contribution in [0, 0.1) is 6.92 Å². The van der Waals surface area contributed by atoms with Crippen LogP contribution in [0.2, 0.25) is 0 Å². The van der Waals surface area contributed by atoms with Crippen molar-refractivity contribution in [3.63, 3.8) is 0 Å². The number of alkyl halides is 6. The number of aryl methyl sites for hydroxylation is 1. The Morgan fingerprint density at radius 2 is 1.56 bits per heavy atom. The maximum Gasteiger partial charge on any atom is 0.431 e. The second-order valence-electron chi connectivity index (χ2n) is 12.9. The lowest BCUT2D eigenvalue weighted by Crippen LogP contribution is -2.39. The lowest BCUT2D eigenvalue weighted by atomic mass is 9.89. The van der Waals surface area contributed by atoms with E-state index in [1.807, 2.05) is 31.0 Å². The summed E-state index contributed by atoms with van der Waals surface area (Å²) >= 11 is 0. The van der Waals surface area contributed by atoms with Gasteiger partial charge >= 0.3 is 12.4 Å². The van der Waals surface area contributed by atoms with Crippen LogP contribution in [-0.2, 0) is 18.8 Å². The molecule has 52 heavy (non-hydrogen) atoms. The van der Waals surface area contributed by atoms with Crippen molar-refractivity contribution < 1.29 is 40.7 Å². The summed E-state index contributed by atoms with van der Waals surface area (Å²) in [6.45, 7) is 5.46. The molecule has 10 nitrogen and oxygen atoms in total. The molecule has 0 bridgehead atoms. The number of anilines is 1. The van der Waals surface area contributed by atoms with E-state index in [0.29, 0.717) is 47.0 Å². The molecular weight excluding hydrogens is 696 g/mol. The summed E-state index contributed by atoms with van der Waals surface area (Å²) in [5, 5.41) is 8.71. The molecule has 0 saturated heterocycles. The standard InChI is InChI=1S/C36H33F6N5O5/c1-4-20-15-26(44-31(48)21-7-10-28(35(37,38)39)45-32(21)49)22-13-18(6-8-25(22)43-20)12-19-14-24(34(51)47-30(19)36(40,41)42)33(50)46-29-17(3)52-27-9-5-16(2)11-23(27)29/h5-11,13-14,17,20,26,29,43H,4,12,15H2,1-3H3,(H,44,48)(H,45,49)(H,46,50)(H,47,51). The van der Waals surface area contributed by atoms with Gasteiger partial charge in [-0.1, -0.05) is 36.8 Å². The first kappa shape index (κ1) is 36.3. The summed E-state index contributed by atoms with van der Waals surface area (Å²) in [5.74, 6) is -1.30. The fourth-order valence-electron chi connectivity index (χ4n) is 6.60. The number of rotatable bonds is 7. The van der Waals surface area contributed by atoms with Crippen molar-refractivity contribution in [2.75, 3.05) is 5.32 Å². The Labute approximate surface area is 292 Å². The van der Waals surface area contributed by atoms with Crippen LogP contribution in [-0.4, -0.2) is 33.9 Å². The Hall–Kier alpha value is -5.54. The molecule has 0 aliphatic carbocycles. The van der Waals surface area contributed by atoms with Crippen LogP contribution >= 0.6 is 0 Å². The van der Waals surface area contributed by atoms with Crippen molar-refractivity contribution in [2.24, 2.45) is 0 Å². The number of carbonyl (C=O) groups is 2. The molecule has 4 unspecified atom stereocenters. The molecular formula is C36H33F6N5O5. The molecule has 4 heterocycles. The van der Waals surface area contributed by atoms with E-state index in [0.717, 1.165) is 17.7 Å². The van der Waals surface area contributed by atoms with Gasteiger partial charge in [0.2, 0.25) is 0 Å². The van der Waals surface area contributed by atoms with Gasteiger partial charge in [-0.2, -0.15) is 26.3 Å². The van der Waals surface area contributed by atoms with Gasteiger partial charge < -0.3 is 30.7 Å². The molecule has 5 N–H and O–H groups in total.